The molecule has 3 aromatic carbocycles. The highest BCUT2D eigenvalue weighted by Gasteiger charge is 2.22. The Morgan fingerprint density at radius 2 is 1.69 bits per heavy atom. The van der Waals surface area contributed by atoms with E-state index >= 15 is 0 Å². The van der Waals surface area contributed by atoms with Crippen LogP contribution < -0.4 is 0 Å². The number of rotatable bonds is 3. The molecule has 0 saturated carbocycles. The minimum absolute atomic E-state index is 0.0371. The highest BCUT2D eigenvalue weighted by molar-refractivity contribution is 7.28. The second-order valence-corrected chi connectivity index (χ2v) is 13.2. The van der Waals surface area contributed by atoms with Crippen molar-refractivity contribution in [1.29, 1.82) is 0 Å². The minimum Gasteiger partial charge on any atom is -0.235 e. The van der Waals surface area contributed by atoms with Gasteiger partial charge in [-0.2, -0.15) is 0 Å². The van der Waals surface area contributed by atoms with Gasteiger partial charge in [0.25, 0.3) is 0 Å². The molecule has 3 heterocycles. The first kappa shape index (κ1) is 22.6. The number of aromatic nitrogens is 2. The van der Waals surface area contributed by atoms with Gasteiger partial charge >= 0.3 is 0 Å². The third-order valence-corrected chi connectivity index (χ3v) is 9.45. The van der Waals surface area contributed by atoms with Gasteiger partial charge in [0.1, 0.15) is 6.33 Å². The summed E-state index contributed by atoms with van der Waals surface area (Å²) in [5.41, 5.74) is 6.12. The number of aryl methyl sites for hydroxylation is 1. The van der Waals surface area contributed by atoms with Gasteiger partial charge in [-0.1, -0.05) is 65.0 Å². The largest absolute Gasteiger partial charge is 0.235 e. The van der Waals surface area contributed by atoms with E-state index in [1.165, 1.54) is 57.2 Å². The van der Waals surface area contributed by atoms with Gasteiger partial charge in [-0.25, -0.2) is 9.97 Å². The van der Waals surface area contributed by atoms with E-state index in [0.29, 0.717) is 5.92 Å². The van der Waals surface area contributed by atoms with Crippen LogP contribution in [0.4, 0.5) is 0 Å². The van der Waals surface area contributed by atoms with Crippen LogP contribution in [0, 0.1) is 12.8 Å². The molecule has 0 aliphatic carbocycles. The lowest BCUT2D eigenvalue weighted by atomic mass is 9.82. The standard InChI is InChI=1S/C31H30N2S2/c1-17(2)13-25-18(3)21-11-12-24-26(29(21)35-25)28-30(34-24)27(32-16-33-28)20-14-19-9-7-8-10-22(19)23(15-20)31(4,5)6/h7-12,14-17H,13H2,1-6H3. The first-order valence-corrected chi connectivity index (χ1v) is 14.0. The fraction of sp³-hybridized carbons (Fsp3) is 0.290. The van der Waals surface area contributed by atoms with Gasteiger partial charge in [0, 0.05) is 25.2 Å². The molecule has 4 heteroatoms. The molecule has 0 bridgehead atoms. The molecular formula is C31H30N2S2. The summed E-state index contributed by atoms with van der Waals surface area (Å²) in [6, 6.07) is 17.9. The zero-order valence-corrected chi connectivity index (χ0v) is 22.8. The number of thiophene rings is 2. The molecule has 0 N–H and O–H groups in total. The maximum atomic E-state index is 4.85. The third kappa shape index (κ3) is 3.66. The molecule has 2 nitrogen and oxygen atoms in total. The van der Waals surface area contributed by atoms with Crippen LogP contribution in [0.2, 0.25) is 0 Å². The number of hydrogen-bond acceptors (Lipinski definition) is 4. The van der Waals surface area contributed by atoms with Crippen molar-refractivity contribution in [1.82, 2.24) is 9.97 Å². The topological polar surface area (TPSA) is 25.8 Å². The summed E-state index contributed by atoms with van der Waals surface area (Å²) in [4.78, 5) is 11.2. The molecule has 0 spiro atoms. The average molecular weight is 495 g/mol. The third-order valence-electron chi connectivity index (χ3n) is 6.96. The Hall–Kier alpha value is -2.82. The van der Waals surface area contributed by atoms with E-state index in [1.807, 2.05) is 22.7 Å². The normalized spacial score (nSPS) is 12.7. The van der Waals surface area contributed by atoms with Crippen molar-refractivity contribution in [2.75, 3.05) is 0 Å². The van der Waals surface area contributed by atoms with Crippen LogP contribution in [0.5, 0.6) is 0 Å². The Morgan fingerprint density at radius 1 is 0.886 bits per heavy atom. The summed E-state index contributed by atoms with van der Waals surface area (Å²) in [6.07, 6.45) is 2.88. The summed E-state index contributed by atoms with van der Waals surface area (Å²) in [7, 11) is 0. The zero-order chi connectivity index (χ0) is 24.5. The first-order chi connectivity index (χ1) is 16.7. The monoisotopic (exact) mass is 494 g/mol. The van der Waals surface area contributed by atoms with Crippen LogP contribution in [0.3, 0.4) is 0 Å². The van der Waals surface area contributed by atoms with Crippen LogP contribution in [-0.4, -0.2) is 9.97 Å². The van der Waals surface area contributed by atoms with Gasteiger partial charge in [-0.3, -0.25) is 0 Å². The van der Waals surface area contributed by atoms with Crippen molar-refractivity contribution in [3.05, 3.63) is 70.9 Å². The highest BCUT2D eigenvalue weighted by Crippen LogP contribution is 2.45. The Labute approximate surface area is 214 Å². The summed E-state index contributed by atoms with van der Waals surface area (Å²) in [5, 5.41) is 5.25. The summed E-state index contributed by atoms with van der Waals surface area (Å²) >= 11 is 3.78. The Balaban J connectivity index is 1.65. The molecular weight excluding hydrogens is 464 g/mol. The fourth-order valence-corrected chi connectivity index (χ4v) is 8.03. The fourth-order valence-electron chi connectivity index (χ4n) is 5.22. The molecule has 0 aliphatic rings. The molecule has 35 heavy (non-hydrogen) atoms. The molecule has 0 amide bonds. The van der Waals surface area contributed by atoms with Gasteiger partial charge in [-0.15, -0.1) is 22.7 Å². The van der Waals surface area contributed by atoms with E-state index < -0.39 is 0 Å². The lowest BCUT2D eigenvalue weighted by molar-refractivity contribution is 0.596. The quantitative estimate of drug-likeness (QED) is 0.245. The molecule has 0 radical (unpaired) electrons. The summed E-state index contributed by atoms with van der Waals surface area (Å²) < 4.78 is 3.85. The maximum Gasteiger partial charge on any atom is 0.116 e. The van der Waals surface area contributed by atoms with E-state index in [2.05, 4.69) is 90.1 Å². The van der Waals surface area contributed by atoms with E-state index in [4.69, 9.17) is 9.97 Å². The Bertz CT molecular complexity index is 1750. The molecule has 0 fully saturated rings. The molecule has 6 aromatic rings. The summed E-state index contributed by atoms with van der Waals surface area (Å²) in [5.74, 6) is 0.648. The highest BCUT2D eigenvalue weighted by atomic mass is 32.1. The van der Waals surface area contributed by atoms with E-state index in [-0.39, 0.29) is 5.41 Å². The predicted molar refractivity (Wildman–Crippen MR) is 155 cm³/mol. The van der Waals surface area contributed by atoms with Crippen molar-refractivity contribution in [3.8, 4) is 11.3 Å². The van der Waals surface area contributed by atoms with Crippen molar-refractivity contribution in [2.45, 2.75) is 53.4 Å². The lowest BCUT2D eigenvalue weighted by Gasteiger charge is -2.22. The first-order valence-electron chi connectivity index (χ1n) is 12.3. The molecule has 0 aliphatic heterocycles. The van der Waals surface area contributed by atoms with Crippen molar-refractivity contribution in [3.63, 3.8) is 0 Å². The second-order valence-electron chi connectivity index (χ2n) is 11.1. The van der Waals surface area contributed by atoms with Gasteiger partial charge in [0.2, 0.25) is 0 Å². The molecule has 3 aromatic heterocycles. The van der Waals surface area contributed by atoms with Crippen molar-refractivity contribution < 1.29 is 0 Å². The van der Waals surface area contributed by atoms with Crippen molar-refractivity contribution in [2.24, 2.45) is 5.92 Å². The molecule has 6 rings (SSSR count). The van der Waals surface area contributed by atoms with Crippen molar-refractivity contribution >= 4 is 63.8 Å². The molecule has 0 unspecified atom stereocenters. The van der Waals surface area contributed by atoms with Crippen LogP contribution in [0.25, 0.3) is 52.4 Å². The maximum absolute atomic E-state index is 4.85. The van der Waals surface area contributed by atoms with Gasteiger partial charge in [0.05, 0.1) is 15.9 Å². The predicted octanol–water partition coefficient (Wildman–Crippen LogP) is 9.68. The van der Waals surface area contributed by atoms with E-state index in [9.17, 15) is 0 Å². The smallest absolute Gasteiger partial charge is 0.116 e. The Morgan fingerprint density at radius 3 is 2.46 bits per heavy atom. The number of benzene rings is 3. The molecule has 0 saturated heterocycles. The van der Waals surface area contributed by atoms with Gasteiger partial charge < -0.3 is 0 Å². The number of hydrogen-bond donors (Lipinski definition) is 0. The summed E-state index contributed by atoms with van der Waals surface area (Å²) in [6.45, 7) is 13.7. The van der Waals surface area contributed by atoms with Crippen LogP contribution in [0.15, 0.2) is 54.9 Å². The molecule has 0 atom stereocenters. The SMILES string of the molecule is Cc1c(CC(C)C)sc2c1ccc1sc3c(-c4cc(C(C)(C)C)c5ccccc5c4)ncnc3c12. The average Bonchev–Trinajstić information content (AvgIpc) is 3.34. The van der Waals surface area contributed by atoms with E-state index in [0.717, 1.165) is 17.6 Å². The van der Waals surface area contributed by atoms with Gasteiger partial charge in [-0.05, 0) is 70.2 Å². The number of fused-ring (bicyclic) bond motifs is 6. The number of nitrogens with zero attached hydrogens (tertiary/aromatic N) is 2. The van der Waals surface area contributed by atoms with E-state index in [1.54, 1.807) is 6.33 Å². The lowest BCUT2D eigenvalue weighted by Crippen LogP contribution is -2.12. The Kier molecular flexibility index (Phi) is 5.24. The minimum atomic E-state index is 0.0371. The van der Waals surface area contributed by atoms with Gasteiger partial charge in [0.15, 0.2) is 0 Å². The van der Waals surface area contributed by atoms with Crippen LogP contribution >= 0.6 is 22.7 Å². The molecule has 176 valence electrons. The second kappa shape index (κ2) is 8.11. The van der Waals surface area contributed by atoms with Crippen LogP contribution in [-0.2, 0) is 11.8 Å². The zero-order valence-electron chi connectivity index (χ0n) is 21.2. The van der Waals surface area contributed by atoms with Crippen LogP contribution in [0.1, 0.15) is 50.6 Å².